The normalized spacial score (nSPS) is 9.95. The molecule has 21 heavy (non-hydrogen) atoms. The van der Waals surface area contributed by atoms with Crippen LogP contribution in [0.4, 0.5) is 5.82 Å². The molecule has 7 nitrogen and oxygen atoms in total. The third-order valence-corrected chi connectivity index (χ3v) is 2.67. The number of nitrogens with zero attached hydrogens (tertiary/aromatic N) is 2. The molecule has 0 aliphatic heterocycles. The summed E-state index contributed by atoms with van der Waals surface area (Å²) < 4.78 is 10.0. The van der Waals surface area contributed by atoms with Crippen LogP contribution in [0.15, 0.2) is 42.6 Å². The fourth-order valence-electron chi connectivity index (χ4n) is 1.70. The zero-order chi connectivity index (χ0) is 15.2. The molecule has 2 aromatic rings. The molecule has 0 amide bonds. The zero-order valence-electron chi connectivity index (χ0n) is 11.2. The molecule has 2 rings (SSSR count). The van der Waals surface area contributed by atoms with Gasteiger partial charge in [0.25, 0.3) is 0 Å². The van der Waals surface area contributed by atoms with E-state index in [2.05, 4.69) is 9.72 Å². The molecular weight excluding hydrogens is 276 g/mol. The van der Waals surface area contributed by atoms with Crippen LogP contribution in [0.3, 0.4) is 0 Å². The summed E-state index contributed by atoms with van der Waals surface area (Å²) in [6.07, 6.45) is 1.32. The van der Waals surface area contributed by atoms with E-state index in [4.69, 9.17) is 4.74 Å². The summed E-state index contributed by atoms with van der Waals surface area (Å²) in [6.45, 7) is 0.0807. The third kappa shape index (κ3) is 3.53. The summed E-state index contributed by atoms with van der Waals surface area (Å²) >= 11 is 0. The first-order chi connectivity index (χ1) is 10.1. The van der Waals surface area contributed by atoms with E-state index in [0.717, 1.165) is 0 Å². The molecule has 0 fully saturated rings. The van der Waals surface area contributed by atoms with Crippen LogP contribution >= 0.6 is 0 Å². The van der Waals surface area contributed by atoms with E-state index in [1.165, 1.54) is 19.4 Å². The number of methoxy groups -OCH3 is 1. The quantitative estimate of drug-likeness (QED) is 0.476. The summed E-state index contributed by atoms with van der Waals surface area (Å²) in [6, 6.07) is 9.66. The van der Waals surface area contributed by atoms with Gasteiger partial charge in [-0.1, -0.05) is 12.1 Å². The number of esters is 1. The SMILES string of the molecule is COC(=O)c1cccc(COc2cccnc2[N+](=O)[O-])c1. The Kier molecular flexibility index (Phi) is 4.45. The first-order valence-corrected chi connectivity index (χ1v) is 6.01. The van der Waals surface area contributed by atoms with Gasteiger partial charge >= 0.3 is 11.8 Å². The van der Waals surface area contributed by atoms with E-state index in [9.17, 15) is 14.9 Å². The van der Waals surface area contributed by atoms with Crippen molar-refractivity contribution >= 4 is 11.8 Å². The van der Waals surface area contributed by atoms with Gasteiger partial charge in [-0.2, -0.15) is 0 Å². The van der Waals surface area contributed by atoms with Crippen molar-refractivity contribution in [2.24, 2.45) is 0 Å². The predicted octanol–water partition coefficient (Wildman–Crippen LogP) is 2.36. The molecule has 0 radical (unpaired) electrons. The van der Waals surface area contributed by atoms with Gasteiger partial charge in [0, 0.05) is 0 Å². The van der Waals surface area contributed by atoms with Crippen LogP contribution in [0.1, 0.15) is 15.9 Å². The Hall–Kier alpha value is -2.96. The van der Waals surface area contributed by atoms with Crippen LogP contribution in [-0.2, 0) is 11.3 Å². The van der Waals surface area contributed by atoms with Gasteiger partial charge in [0.2, 0.25) is 5.75 Å². The molecule has 1 aromatic heterocycles. The minimum absolute atomic E-state index is 0.0750. The van der Waals surface area contributed by atoms with E-state index in [-0.39, 0.29) is 18.2 Å². The van der Waals surface area contributed by atoms with Crippen molar-refractivity contribution in [1.29, 1.82) is 0 Å². The van der Waals surface area contributed by atoms with Crippen LogP contribution < -0.4 is 4.74 Å². The molecule has 1 heterocycles. The topological polar surface area (TPSA) is 91.6 Å². The maximum Gasteiger partial charge on any atom is 0.406 e. The smallest absolute Gasteiger partial charge is 0.406 e. The predicted molar refractivity (Wildman–Crippen MR) is 73.0 cm³/mol. The van der Waals surface area contributed by atoms with E-state index < -0.39 is 10.9 Å². The molecule has 0 aliphatic rings. The average Bonchev–Trinajstić information content (AvgIpc) is 2.52. The molecule has 0 spiro atoms. The Morgan fingerprint density at radius 1 is 1.33 bits per heavy atom. The molecule has 0 aliphatic carbocycles. The van der Waals surface area contributed by atoms with E-state index in [1.807, 2.05) is 0 Å². The van der Waals surface area contributed by atoms with Gasteiger partial charge in [0.1, 0.15) is 12.8 Å². The van der Waals surface area contributed by atoms with Crippen molar-refractivity contribution in [3.8, 4) is 5.75 Å². The van der Waals surface area contributed by atoms with Crippen molar-refractivity contribution in [2.45, 2.75) is 6.61 Å². The largest absolute Gasteiger partial charge is 0.481 e. The number of benzene rings is 1. The number of aromatic nitrogens is 1. The van der Waals surface area contributed by atoms with Gasteiger partial charge in [-0.3, -0.25) is 0 Å². The van der Waals surface area contributed by atoms with Gasteiger partial charge in [0.15, 0.2) is 0 Å². The minimum atomic E-state index is -0.611. The Labute approximate surface area is 120 Å². The Morgan fingerprint density at radius 3 is 2.86 bits per heavy atom. The van der Waals surface area contributed by atoms with Crippen molar-refractivity contribution in [3.05, 3.63) is 63.8 Å². The van der Waals surface area contributed by atoms with Crippen LogP contribution in [0.2, 0.25) is 0 Å². The Morgan fingerprint density at radius 2 is 2.14 bits per heavy atom. The molecular formula is C14H12N2O5. The molecule has 0 bridgehead atoms. The highest BCUT2D eigenvalue weighted by molar-refractivity contribution is 5.89. The number of pyridine rings is 1. The van der Waals surface area contributed by atoms with E-state index in [0.29, 0.717) is 11.1 Å². The number of carbonyl (C=O) groups excluding carboxylic acids is 1. The zero-order valence-corrected chi connectivity index (χ0v) is 11.2. The molecule has 0 atom stereocenters. The van der Waals surface area contributed by atoms with Gasteiger partial charge < -0.3 is 19.6 Å². The molecule has 0 unspecified atom stereocenters. The highest BCUT2D eigenvalue weighted by atomic mass is 16.6. The Balaban J connectivity index is 2.14. The molecule has 0 saturated carbocycles. The number of carbonyl (C=O) groups is 1. The standard InChI is InChI=1S/C14H12N2O5/c1-20-14(17)11-5-2-4-10(8-11)9-21-12-6-3-7-15-13(12)16(18)19/h2-8H,9H2,1H3. The third-order valence-electron chi connectivity index (χ3n) is 2.67. The summed E-state index contributed by atoms with van der Waals surface area (Å²) in [4.78, 5) is 25.3. The van der Waals surface area contributed by atoms with Crippen LogP contribution in [-0.4, -0.2) is 23.0 Å². The monoisotopic (exact) mass is 288 g/mol. The average molecular weight is 288 g/mol. The molecule has 1 aromatic carbocycles. The van der Waals surface area contributed by atoms with Gasteiger partial charge in [-0.05, 0) is 39.7 Å². The van der Waals surface area contributed by atoms with Crippen LogP contribution in [0.25, 0.3) is 0 Å². The summed E-state index contributed by atoms with van der Waals surface area (Å²) in [5, 5.41) is 10.8. The highest BCUT2D eigenvalue weighted by Gasteiger charge is 2.15. The molecule has 108 valence electrons. The van der Waals surface area contributed by atoms with Crippen LogP contribution in [0.5, 0.6) is 5.75 Å². The van der Waals surface area contributed by atoms with Crippen molar-refractivity contribution in [2.75, 3.05) is 7.11 Å². The lowest BCUT2D eigenvalue weighted by atomic mass is 10.1. The lowest BCUT2D eigenvalue weighted by molar-refractivity contribution is -0.390. The molecule has 7 heteroatoms. The second-order valence-electron chi connectivity index (χ2n) is 4.06. The first kappa shape index (κ1) is 14.4. The van der Waals surface area contributed by atoms with Crippen molar-refractivity contribution in [1.82, 2.24) is 4.98 Å². The first-order valence-electron chi connectivity index (χ1n) is 6.01. The molecule has 0 saturated heterocycles. The number of hydrogen-bond acceptors (Lipinski definition) is 6. The number of nitro groups is 1. The Bertz CT molecular complexity index is 672. The second-order valence-corrected chi connectivity index (χ2v) is 4.06. The summed E-state index contributed by atoms with van der Waals surface area (Å²) in [7, 11) is 1.30. The molecule has 0 N–H and O–H groups in total. The van der Waals surface area contributed by atoms with E-state index in [1.54, 1.807) is 30.3 Å². The minimum Gasteiger partial charge on any atom is -0.481 e. The van der Waals surface area contributed by atoms with E-state index >= 15 is 0 Å². The highest BCUT2D eigenvalue weighted by Crippen LogP contribution is 2.24. The van der Waals surface area contributed by atoms with Crippen molar-refractivity contribution < 1.29 is 19.2 Å². The van der Waals surface area contributed by atoms with Crippen molar-refractivity contribution in [3.63, 3.8) is 0 Å². The summed E-state index contributed by atoms with van der Waals surface area (Å²) in [5.74, 6) is -0.725. The second kappa shape index (κ2) is 6.47. The van der Waals surface area contributed by atoms with Gasteiger partial charge in [0.05, 0.1) is 12.7 Å². The number of rotatable bonds is 5. The summed E-state index contributed by atoms with van der Waals surface area (Å²) in [5.41, 5.74) is 1.08. The number of hydrogen-bond donors (Lipinski definition) is 0. The fourth-order valence-corrected chi connectivity index (χ4v) is 1.70. The maximum absolute atomic E-state index is 11.4. The number of ether oxygens (including phenoxy) is 2. The van der Waals surface area contributed by atoms with Gasteiger partial charge in [-0.15, -0.1) is 0 Å². The van der Waals surface area contributed by atoms with Gasteiger partial charge in [-0.25, -0.2) is 4.79 Å². The lowest BCUT2D eigenvalue weighted by Gasteiger charge is -2.07. The fraction of sp³-hybridized carbons (Fsp3) is 0.143. The lowest BCUT2D eigenvalue weighted by Crippen LogP contribution is -2.04. The maximum atomic E-state index is 11.4. The van der Waals surface area contributed by atoms with Crippen LogP contribution in [0, 0.1) is 10.1 Å².